The quantitative estimate of drug-likeness (QED) is 0.876. The van der Waals surface area contributed by atoms with E-state index in [1.54, 1.807) is 6.07 Å². The first kappa shape index (κ1) is 13.5. The summed E-state index contributed by atoms with van der Waals surface area (Å²) in [5, 5.41) is 12.4. The van der Waals surface area contributed by atoms with E-state index in [1.807, 2.05) is 0 Å². The van der Waals surface area contributed by atoms with Crippen LogP contribution >= 0.6 is 0 Å². The number of nitrogens with one attached hydrogen (secondary N) is 1. The number of carboxylic acid groups (broad SMARTS) is 1. The summed E-state index contributed by atoms with van der Waals surface area (Å²) in [6.45, 7) is 5.97. The molecule has 5 heteroatoms. The molecule has 0 aliphatic carbocycles. The Kier molecular flexibility index (Phi) is 4.14. The molecule has 0 fully saturated rings. The standard InChI is InChI=1S/C14H19NO4/c1-9(2)8-15-11-7-13-12(6-10(11)14(16)17)18-4-3-5-19-13/h6-7,9,15H,3-5,8H2,1-2H3,(H,16,17). The van der Waals surface area contributed by atoms with Crippen LogP contribution in [-0.4, -0.2) is 30.8 Å². The van der Waals surface area contributed by atoms with E-state index in [2.05, 4.69) is 19.2 Å². The van der Waals surface area contributed by atoms with E-state index in [4.69, 9.17) is 9.47 Å². The van der Waals surface area contributed by atoms with Gasteiger partial charge < -0.3 is 19.9 Å². The second-order valence-electron chi connectivity index (χ2n) is 4.97. The Balaban J connectivity index is 2.34. The number of fused-ring (bicyclic) bond motifs is 1. The highest BCUT2D eigenvalue weighted by molar-refractivity contribution is 5.95. The van der Waals surface area contributed by atoms with Gasteiger partial charge in [0.15, 0.2) is 11.5 Å². The second kappa shape index (κ2) is 5.82. The fourth-order valence-electron chi connectivity index (χ4n) is 1.85. The van der Waals surface area contributed by atoms with Crippen molar-refractivity contribution in [3.05, 3.63) is 17.7 Å². The monoisotopic (exact) mass is 265 g/mol. The van der Waals surface area contributed by atoms with Crippen LogP contribution in [0, 0.1) is 5.92 Å². The van der Waals surface area contributed by atoms with Crippen LogP contribution in [0.3, 0.4) is 0 Å². The van der Waals surface area contributed by atoms with Crippen LogP contribution in [0.25, 0.3) is 0 Å². The minimum absolute atomic E-state index is 0.213. The van der Waals surface area contributed by atoms with Crippen LogP contribution in [0.1, 0.15) is 30.6 Å². The molecule has 0 saturated heterocycles. The molecule has 0 radical (unpaired) electrons. The van der Waals surface area contributed by atoms with E-state index in [-0.39, 0.29) is 5.56 Å². The van der Waals surface area contributed by atoms with Gasteiger partial charge in [-0.3, -0.25) is 0 Å². The summed E-state index contributed by atoms with van der Waals surface area (Å²) in [5.41, 5.74) is 0.787. The first-order valence-electron chi connectivity index (χ1n) is 6.48. The number of benzene rings is 1. The zero-order valence-corrected chi connectivity index (χ0v) is 11.2. The lowest BCUT2D eigenvalue weighted by molar-refractivity contribution is 0.0697. The number of carboxylic acids is 1. The number of ether oxygens (including phenoxy) is 2. The van der Waals surface area contributed by atoms with E-state index < -0.39 is 5.97 Å². The number of hydrogen-bond donors (Lipinski definition) is 2. The van der Waals surface area contributed by atoms with Crippen molar-refractivity contribution in [2.24, 2.45) is 5.92 Å². The molecule has 0 aromatic heterocycles. The third kappa shape index (κ3) is 3.30. The molecule has 19 heavy (non-hydrogen) atoms. The number of aromatic carboxylic acids is 1. The summed E-state index contributed by atoms with van der Waals surface area (Å²) in [7, 11) is 0. The smallest absolute Gasteiger partial charge is 0.337 e. The average molecular weight is 265 g/mol. The first-order chi connectivity index (χ1) is 9.08. The minimum atomic E-state index is -0.970. The molecule has 1 aromatic rings. The molecule has 0 amide bonds. The lowest BCUT2D eigenvalue weighted by Crippen LogP contribution is -2.12. The van der Waals surface area contributed by atoms with Gasteiger partial charge in [0, 0.05) is 25.1 Å². The summed E-state index contributed by atoms with van der Waals surface area (Å²) in [6.07, 6.45) is 0.797. The summed E-state index contributed by atoms with van der Waals surface area (Å²) >= 11 is 0. The largest absolute Gasteiger partial charge is 0.490 e. The number of carbonyl (C=O) groups is 1. The van der Waals surface area contributed by atoms with Gasteiger partial charge in [-0.2, -0.15) is 0 Å². The average Bonchev–Trinajstić information content (AvgIpc) is 2.59. The molecule has 5 nitrogen and oxygen atoms in total. The normalized spacial score (nSPS) is 14.1. The van der Waals surface area contributed by atoms with E-state index >= 15 is 0 Å². The van der Waals surface area contributed by atoms with Gasteiger partial charge in [0.05, 0.1) is 24.5 Å². The molecule has 2 N–H and O–H groups in total. The minimum Gasteiger partial charge on any atom is -0.490 e. The molecular formula is C14H19NO4. The lowest BCUT2D eigenvalue weighted by atomic mass is 10.1. The predicted molar refractivity (Wildman–Crippen MR) is 72.3 cm³/mol. The fourth-order valence-corrected chi connectivity index (χ4v) is 1.85. The molecule has 2 rings (SSSR count). The maximum atomic E-state index is 11.3. The van der Waals surface area contributed by atoms with Gasteiger partial charge in [-0.15, -0.1) is 0 Å². The topological polar surface area (TPSA) is 67.8 Å². The predicted octanol–water partition coefficient (Wildman–Crippen LogP) is 2.61. The van der Waals surface area contributed by atoms with Crippen LogP contribution in [0.4, 0.5) is 5.69 Å². The Morgan fingerprint density at radius 3 is 2.53 bits per heavy atom. The highest BCUT2D eigenvalue weighted by atomic mass is 16.5. The van der Waals surface area contributed by atoms with Crippen molar-refractivity contribution in [3.8, 4) is 11.5 Å². The summed E-state index contributed by atoms with van der Waals surface area (Å²) in [4.78, 5) is 11.3. The first-order valence-corrected chi connectivity index (χ1v) is 6.48. The van der Waals surface area contributed by atoms with Gasteiger partial charge in [-0.25, -0.2) is 4.79 Å². The SMILES string of the molecule is CC(C)CNc1cc2c(cc1C(=O)O)OCCCO2. The number of anilines is 1. The summed E-state index contributed by atoms with van der Waals surface area (Å²) < 4.78 is 11.1. The molecule has 1 aliphatic rings. The van der Waals surface area contributed by atoms with E-state index in [9.17, 15) is 9.90 Å². The van der Waals surface area contributed by atoms with Gasteiger partial charge >= 0.3 is 5.97 Å². The molecular weight excluding hydrogens is 246 g/mol. The van der Waals surface area contributed by atoms with Crippen molar-refractivity contribution in [2.75, 3.05) is 25.1 Å². The lowest BCUT2D eigenvalue weighted by Gasteiger charge is -2.15. The van der Waals surface area contributed by atoms with Crippen molar-refractivity contribution in [2.45, 2.75) is 20.3 Å². The highest BCUT2D eigenvalue weighted by Gasteiger charge is 2.18. The molecule has 0 saturated carbocycles. The summed E-state index contributed by atoms with van der Waals surface area (Å²) in [6, 6.07) is 3.25. The van der Waals surface area contributed by atoms with Crippen LogP contribution in [0.2, 0.25) is 0 Å². The van der Waals surface area contributed by atoms with Gasteiger partial charge in [0.1, 0.15) is 0 Å². The molecule has 0 bridgehead atoms. The maximum Gasteiger partial charge on any atom is 0.337 e. The summed E-state index contributed by atoms with van der Waals surface area (Å²) in [5.74, 6) is 0.568. The molecule has 1 heterocycles. The van der Waals surface area contributed by atoms with Crippen LogP contribution in [0.15, 0.2) is 12.1 Å². The van der Waals surface area contributed by atoms with Crippen LogP contribution in [0.5, 0.6) is 11.5 Å². The molecule has 104 valence electrons. The Labute approximate surface area is 112 Å². The molecule has 0 unspecified atom stereocenters. The van der Waals surface area contributed by atoms with E-state index in [0.29, 0.717) is 42.9 Å². The van der Waals surface area contributed by atoms with Gasteiger partial charge in [-0.1, -0.05) is 13.8 Å². The van der Waals surface area contributed by atoms with Gasteiger partial charge in [0.25, 0.3) is 0 Å². The van der Waals surface area contributed by atoms with Crippen LogP contribution in [-0.2, 0) is 0 Å². The van der Waals surface area contributed by atoms with Crippen molar-refractivity contribution in [3.63, 3.8) is 0 Å². The van der Waals surface area contributed by atoms with Crippen molar-refractivity contribution in [1.29, 1.82) is 0 Å². The molecule has 0 spiro atoms. The van der Waals surface area contributed by atoms with Crippen LogP contribution < -0.4 is 14.8 Å². The van der Waals surface area contributed by atoms with Gasteiger partial charge in [0.2, 0.25) is 0 Å². The van der Waals surface area contributed by atoms with Crippen molar-refractivity contribution < 1.29 is 19.4 Å². The Hall–Kier alpha value is -1.91. The Morgan fingerprint density at radius 2 is 1.95 bits per heavy atom. The third-order valence-electron chi connectivity index (χ3n) is 2.82. The highest BCUT2D eigenvalue weighted by Crippen LogP contribution is 2.35. The molecule has 1 aromatic carbocycles. The number of hydrogen-bond acceptors (Lipinski definition) is 4. The van der Waals surface area contributed by atoms with E-state index in [1.165, 1.54) is 6.07 Å². The molecule has 0 atom stereocenters. The second-order valence-corrected chi connectivity index (χ2v) is 4.97. The third-order valence-corrected chi connectivity index (χ3v) is 2.82. The Morgan fingerprint density at radius 1 is 1.32 bits per heavy atom. The van der Waals surface area contributed by atoms with Crippen molar-refractivity contribution >= 4 is 11.7 Å². The van der Waals surface area contributed by atoms with E-state index in [0.717, 1.165) is 6.42 Å². The number of rotatable bonds is 4. The Bertz CT molecular complexity index is 471. The maximum absolute atomic E-state index is 11.3. The van der Waals surface area contributed by atoms with Gasteiger partial charge in [-0.05, 0) is 5.92 Å². The zero-order chi connectivity index (χ0) is 13.8. The fraction of sp³-hybridized carbons (Fsp3) is 0.500. The molecule has 1 aliphatic heterocycles. The van der Waals surface area contributed by atoms with Crippen molar-refractivity contribution in [1.82, 2.24) is 0 Å². The zero-order valence-electron chi connectivity index (χ0n) is 11.2.